The van der Waals surface area contributed by atoms with E-state index in [1.165, 1.54) is 0 Å². The Hall–Kier alpha value is -5.12. The van der Waals surface area contributed by atoms with Crippen molar-refractivity contribution in [1.29, 1.82) is 5.26 Å². The van der Waals surface area contributed by atoms with Gasteiger partial charge in [0.2, 0.25) is 11.8 Å². The van der Waals surface area contributed by atoms with Crippen LogP contribution in [-0.4, -0.2) is 82.1 Å². The molecule has 0 radical (unpaired) electrons. The SMILES string of the molecule is CC1(C)[C@H](NC(=O)c2ccc(CCCCCCN3CCC(c4ccc5c(c4)C(=O)N(C4CCC(=O)NC4=O)C5=O)CC3)nc2)C(C)(C)[C@H]1Oc1ccc(C#N)c(Cl)c1. The molecule has 1 unspecified atom stereocenters. The smallest absolute Gasteiger partial charge is 0.262 e. The third-order valence-electron chi connectivity index (χ3n) is 12.7. The van der Waals surface area contributed by atoms with Crippen molar-refractivity contribution < 1.29 is 28.7 Å². The molecule has 3 aliphatic heterocycles. The molecule has 0 bridgehead atoms. The van der Waals surface area contributed by atoms with Crippen molar-refractivity contribution in [2.45, 2.75) is 110 Å². The number of nitrogens with zero attached hydrogens (tertiary/aromatic N) is 4. The molecule has 58 heavy (non-hydrogen) atoms. The number of piperidine rings is 2. The number of pyridine rings is 1. The lowest BCUT2D eigenvalue weighted by atomic mass is 9.49. The lowest BCUT2D eigenvalue weighted by molar-refractivity contribution is -0.164. The van der Waals surface area contributed by atoms with Crippen molar-refractivity contribution in [3.63, 3.8) is 0 Å². The van der Waals surface area contributed by atoms with E-state index in [2.05, 4.69) is 54.3 Å². The van der Waals surface area contributed by atoms with Crippen molar-refractivity contribution in [3.05, 3.63) is 93.3 Å². The lowest BCUT2D eigenvalue weighted by Gasteiger charge is -2.63. The highest BCUT2D eigenvalue weighted by atomic mass is 35.5. The van der Waals surface area contributed by atoms with E-state index in [1.807, 2.05) is 24.3 Å². The number of nitriles is 1. The predicted octanol–water partition coefficient (Wildman–Crippen LogP) is 6.60. The normalized spacial score (nSPS) is 22.8. The molecular formula is C45H51ClN6O6. The van der Waals surface area contributed by atoms with Gasteiger partial charge in [0.05, 0.1) is 27.3 Å². The number of amides is 5. The van der Waals surface area contributed by atoms with Crippen LogP contribution in [0, 0.1) is 22.2 Å². The number of likely N-dealkylation sites (tertiary alicyclic amines) is 1. The van der Waals surface area contributed by atoms with Gasteiger partial charge in [-0.25, -0.2) is 0 Å². The lowest BCUT2D eigenvalue weighted by Crippen LogP contribution is -2.74. The summed E-state index contributed by atoms with van der Waals surface area (Å²) >= 11 is 6.23. The van der Waals surface area contributed by atoms with Crippen LogP contribution in [0.5, 0.6) is 5.75 Å². The number of ether oxygens (including phenoxy) is 1. The van der Waals surface area contributed by atoms with Gasteiger partial charge in [-0.1, -0.05) is 58.2 Å². The monoisotopic (exact) mass is 806 g/mol. The molecular weight excluding hydrogens is 756 g/mol. The van der Waals surface area contributed by atoms with Gasteiger partial charge in [0.15, 0.2) is 0 Å². The number of aromatic nitrogens is 1. The predicted molar refractivity (Wildman–Crippen MR) is 217 cm³/mol. The van der Waals surface area contributed by atoms with Gasteiger partial charge >= 0.3 is 0 Å². The van der Waals surface area contributed by atoms with Gasteiger partial charge in [-0.3, -0.25) is 39.2 Å². The number of imide groups is 2. The van der Waals surface area contributed by atoms with Crippen molar-refractivity contribution in [2.75, 3.05) is 19.6 Å². The third-order valence-corrected chi connectivity index (χ3v) is 13.0. The molecule has 0 spiro atoms. The van der Waals surface area contributed by atoms with Crippen LogP contribution in [-0.2, 0) is 16.0 Å². The Balaban J connectivity index is 0.800. The topological polar surface area (TPSA) is 162 Å². The van der Waals surface area contributed by atoms with E-state index >= 15 is 0 Å². The second kappa shape index (κ2) is 16.6. The standard InChI is InChI=1S/C45H51ClN6O6/c1-44(2)42(45(3,4)43(44)58-32-14-11-29(25-47)35(46)24-32)50-38(54)30-10-13-31(48-26-30)9-7-5-6-8-20-51-21-18-27(19-22-51)28-12-15-33-34(23-28)41(57)52(40(33)56)36-16-17-37(53)49-39(36)55/h10-15,23-24,26-27,36,42-43H,5-9,16-22H2,1-4H3,(H,50,54)(H,49,53,55)/t36?,42-,43-. The summed E-state index contributed by atoms with van der Waals surface area (Å²) in [6, 6.07) is 15.3. The van der Waals surface area contributed by atoms with E-state index in [0.717, 1.165) is 80.7 Å². The van der Waals surface area contributed by atoms with Gasteiger partial charge in [-0.05, 0) is 106 Å². The van der Waals surface area contributed by atoms with Gasteiger partial charge in [0.25, 0.3) is 17.7 Å². The number of carbonyl (C=O) groups excluding carboxylic acids is 5. The maximum absolute atomic E-state index is 13.3. The Morgan fingerprint density at radius 2 is 1.66 bits per heavy atom. The molecule has 3 aromatic rings. The summed E-state index contributed by atoms with van der Waals surface area (Å²) < 4.78 is 6.35. The number of fused-ring (bicyclic) bond motifs is 1. The zero-order valence-electron chi connectivity index (χ0n) is 33.6. The number of carbonyl (C=O) groups is 5. The van der Waals surface area contributed by atoms with Crippen LogP contribution in [0.4, 0.5) is 0 Å². The molecule has 5 amide bonds. The number of benzene rings is 2. The van der Waals surface area contributed by atoms with Crippen LogP contribution in [0.3, 0.4) is 0 Å². The Labute approximate surface area is 344 Å². The first-order valence-electron chi connectivity index (χ1n) is 20.4. The zero-order chi connectivity index (χ0) is 41.4. The highest BCUT2D eigenvalue weighted by Crippen LogP contribution is 2.55. The van der Waals surface area contributed by atoms with Crippen molar-refractivity contribution in [2.24, 2.45) is 10.8 Å². The fourth-order valence-electron chi connectivity index (χ4n) is 9.74. The molecule has 4 heterocycles. The van der Waals surface area contributed by atoms with Crippen molar-refractivity contribution >= 4 is 41.1 Å². The van der Waals surface area contributed by atoms with Crippen LogP contribution >= 0.6 is 11.6 Å². The number of hydrogen-bond donors (Lipinski definition) is 2. The molecule has 1 atom stereocenters. The van der Waals surface area contributed by atoms with E-state index in [0.29, 0.717) is 38.9 Å². The molecule has 2 N–H and O–H groups in total. The first-order valence-corrected chi connectivity index (χ1v) is 20.8. The number of unbranched alkanes of at least 4 members (excludes halogenated alkanes) is 3. The number of rotatable bonds is 13. The Kier molecular flexibility index (Phi) is 11.8. The summed E-state index contributed by atoms with van der Waals surface area (Å²) in [5, 5.41) is 15.0. The molecule has 12 nitrogen and oxygen atoms in total. The van der Waals surface area contributed by atoms with E-state index in [1.54, 1.807) is 30.5 Å². The number of nitrogens with one attached hydrogen (secondary N) is 2. The maximum Gasteiger partial charge on any atom is 0.262 e. The Bertz CT molecular complexity index is 2140. The summed E-state index contributed by atoms with van der Waals surface area (Å²) in [7, 11) is 0. The second-order valence-electron chi connectivity index (χ2n) is 17.4. The third kappa shape index (κ3) is 8.12. The highest BCUT2D eigenvalue weighted by molar-refractivity contribution is 6.31. The minimum absolute atomic E-state index is 0.0993. The molecule has 304 valence electrons. The van der Waals surface area contributed by atoms with Crippen LogP contribution in [0.2, 0.25) is 5.02 Å². The van der Waals surface area contributed by atoms with E-state index in [9.17, 15) is 29.2 Å². The average Bonchev–Trinajstić information content (AvgIpc) is 3.45. The molecule has 3 fully saturated rings. The number of halogens is 1. The van der Waals surface area contributed by atoms with Gasteiger partial charge in [-0.2, -0.15) is 5.26 Å². The zero-order valence-corrected chi connectivity index (χ0v) is 34.4. The van der Waals surface area contributed by atoms with Crippen LogP contribution < -0.4 is 15.4 Å². The molecule has 1 saturated carbocycles. The largest absolute Gasteiger partial charge is 0.489 e. The van der Waals surface area contributed by atoms with E-state index in [-0.39, 0.29) is 47.6 Å². The molecule has 2 aromatic carbocycles. The fraction of sp³-hybridized carbons (Fsp3) is 0.489. The van der Waals surface area contributed by atoms with Crippen LogP contribution in [0.15, 0.2) is 54.7 Å². The fourth-order valence-corrected chi connectivity index (χ4v) is 9.96. The minimum Gasteiger partial charge on any atom is -0.489 e. The Morgan fingerprint density at radius 3 is 2.33 bits per heavy atom. The summed E-state index contributed by atoms with van der Waals surface area (Å²) in [6.07, 6.45) is 8.89. The van der Waals surface area contributed by atoms with Gasteiger partial charge < -0.3 is 15.0 Å². The molecule has 7 rings (SSSR count). The summed E-state index contributed by atoms with van der Waals surface area (Å²) in [5.74, 6) is -1.19. The van der Waals surface area contributed by atoms with Crippen molar-refractivity contribution in [1.82, 2.24) is 25.4 Å². The maximum atomic E-state index is 13.3. The minimum atomic E-state index is -0.958. The van der Waals surface area contributed by atoms with Crippen molar-refractivity contribution in [3.8, 4) is 11.8 Å². The summed E-state index contributed by atoms with van der Waals surface area (Å²) in [5.41, 5.74) is 2.89. The van der Waals surface area contributed by atoms with Gasteiger partial charge in [-0.15, -0.1) is 0 Å². The van der Waals surface area contributed by atoms with E-state index in [4.69, 9.17) is 16.3 Å². The first kappa shape index (κ1) is 41.1. The van der Waals surface area contributed by atoms with Crippen LogP contribution in [0.1, 0.15) is 133 Å². The molecule has 13 heteroatoms. The second-order valence-corrected chi connectivity index (χ2v) is 17.8. The number of aryl methyl sites for hydroxylation is 1. The highest BCUT2D eigenvalue weighted by Gasteiger charge is 2.64. The van der Waals surface area contributed by atoms with Gasteiger partial charge in [0.1, 0.15) is 24.0 Å². The quantitative estimate of drug-likeness (QED) is 0.143. The molecule has 2 saturated heterocycles. The Morgan fingerprint density at radius 1 is 0.931 bits per heavy atom. The molecule has 1 aliphatic carbocycles. The first-order chi connectivity index (χ1) is 27.7. The van der Waals surface area contributed by atoms with Crippen LogP contribution in [0.25, 0.3) is 0 Å². The van der Waals surface area contributed by atoms with E-state index < -0.39 is 23.8 Å². The summed E-state index contributed by atoms with van der Waals surface area (Å²) in [6.45, 7) is 11.3. The molecule has 4 aliphatic rings. The number of hydrogen-bond acceptors (Lipinski definition) is 9. The van der Waals surface area contributed by atoms with Gasteiger partial charge in [0, 0.05) is 41.2 Å². The summed E-state index contributed by atoms with van der Waals surface area (Å²) in [4.78, 5) is 71.8. The molecule has 1 aromatic heterocycles. The average molecular weight is 807 g/mol.